The van der Waals surface area contributed by atoms with Crippen LogP contribution >= 0.6 is 0 Å². The molecule has 3 fully saturated rings. The van der Waals surface area contributed by atoms with Crippen LogP contribution < -0.4 is 5.32 Å². The van der Waals surface area contributed by atoms with Crippen LogP contribution in [0, 0.1) is 35.5 Å². The second-order valence-corrected chi connectivity index (χ2v) is 10.4. The third-order valence-corrected chi connectivity index (χ3v) is 8.63. The topological polar surface area (TPSA) is 66.5 Å². The number of imide groups is 1. The van der Waals surface area contributed by atoms with Crippen molar-refractivity contribution in [2.45, 2.75) is 18.9 Å². The molecule has 8 rings (SSSR count). The molecule has 2 bridgehead atoms. The smallest absolute Gasteiger partial charge is 0.248 e. The molecule has 0 radical (unpaired) electrons. The van der Waals surface area contributed by atoms with Crippen LogP contribution in [-0.4, -0.2) is 28.7 Å². The van der Waals surface area contributed by atoms with Crippen molar-refractivity contribution in [2.24, 2.45) is 35.5 Å². The van der Waals surface area contributed by atoms with Crippen molar-refractivity contribution in [3.63, 3.8) is 0 Å². The molecule has 1 aliphatic heterocycles. The Morgan fingerprint density at radius 3 is 2.17 bits per heavy atom. The van der Waals surface area contributed by atoms with Gasteiger partial charge in [-0.05, 0) is 47.1 Å². The van der Waals surface area contributed by atoms with E-state index in [1.807, 2.05) is 72.8 Å². The number of likely N-dealkylation sites (tertiary alicyclic amines) is 1. The lowest BCUT2D eigenvalue weighted by Crippen LogP contribution is -2.49. The third-order valence-electron chi connectivity index (χ3n) is 8.63. The maximum Gasteiger partial charge on any atom is 0.248 e. The highest BCUT2D eigenvalue weighted by molar-refractivity contribution is 6.12. The summed E-state index contributed by atoms with van der Waals surface area (Å²) in [6.07, 6.45) is 5.74. The van der Waals surface area contributed by atoms with Gasteiger partial charge in [0.1, 0.15) is 6.04 Å². The van der Waals surface area contributed by atoms with Crippen LogP contribution in [0.4, 0.5) is 5.69 Å². The van der Waals surface area contributed by atoms with Gasteiger partial charge in [0.05, 0.1) is 11.8 Å². The monoisotopic (exact) mass is 462 g/mol. The summed E-state index contributed by atoms with van der Waals surface area (Å²) >= 11 is 0. The maximum absolute atomic E-state index is 13.8. The molecule has 0 spiro atoms. The van der Waals surface area contributed by atoms with Gasteiger partial charge in [-0.2, -0.15) is 0 Å². The fourth-order valence-electron chi connectivity index (χ4n) is 6.98. The molecule has 1 saturated heterocycles. The van der Waals surface area contributed by atoms with Crippen molar-refractivity contribution in [3.8, 4) is 0 Å². The number of rotatable bonds is 5. The molecule has 1 N–H and O–H groups in total. The van der Waals surface area contributed by atoms with Crippen molar-refractivity contribution in [1.82, 2.24) is 4.90 Å². The highest BCUT2D eigenvalue weighted by Crippen LogP contribution is 2.65. The van der Waals surface area contributed by atoms with Crippen molar-refractivity contribution < 1.29 is 14.4 Å². The standard InChI is InChI=1S/C30H26N2O3/c33-28(31-24-12-6-10-18-9-4-5-11-19(18)24)25(15-17-7-2-1-3-8-17)32-29(34)26-20-13-14-21(23-16-22(20)23)27(26)30(32)35/h1-14,20-23,25-27H,15-16H2,(H,31,33)/t20-,21-,22-,23-,25+,26+,27+/m1/s1. The summed E-state index contributed by atoms with van der Waals surface area (Å²) in [7, 11) is 0. The number of nitrogens with one attached hydrogen (secondary N) is 1. The van der Waals surface area contributed by atoms with Crippen LogP contribution in [0.15, 0.2) is 84.9 Å². The fraction of sp³-hybridized carbons (Fsp3) is 0.300. The van der Waals surface area contributed by atoms with E-state index in [-0.39, 0.29) is 41.4 Å². The molecule has 5 heteroatoms. The number of benzene rings is 3. The summed E-state index contributed by atoms with van der Waals surface area (Å²) in [5.74, 6) is 0.0353. The van der Waals surface area contributed by atoms with Gasteiger partial charge >= 0.3 is 0 Å². The zero-order chi connectivity index (χ0) is 23.7. The normalized spacial score (nSPS) is 30.8. The number of amides is 3. The zero-order valence-electron chi connectivity index (χ0n) is 19.2. The lowest BCUT2D eigenvalue weighted by Gasteiger charge is -2.37. The largest absolute Gasteiger partial charge is 0.324 e. The Labute approximate surface area is 203 Å². The highest BCUT2D eigenvalue weighted by Gasteiger charge is 2.67. The number of anilines is 1. The van der Waals surface area contributed by atoms with Crippen molar-refractivity contribution in [3.05, 3.63) is 90.5 Å². The number of hydrogen-bond acceptors (Lipinski definition) is 3. The second kappa shape index (κ2) is 7.64. The van der Waals surface area contributed by atoms with Gasteiger partial charge in [0.2, 0.25) is 17.7 Å². The van der Waals surface area contributed by atoms with E-state index in [9.17, 15) is 14.4 Å². The fourth-order valence-corrected chi connectivity index (χ4v) is 6.98. The molecule has 0 aromatic heterocycles. The van der Waals surface area contributed by atoms with E-state index < -0.39 is 6.04 Å². The first-order valence-corrected chi connectivity index (χ1v) is 12.5. The van der Waals surface area contributed by atoms with Crippen molar-refractivity contribution >= 4 is 34.2 Å². The quantitative estimate of drug-likeness (QED) is 0.450. The van der Waals surface area contributed by atoms with E-state index in [1.165, 1.54) is 4.90 Å². The number of carbonyl (C=O) groups is 3. The molecule has 0 unspecified atom stereocenters. The van der Waals surface area contributed by atoms with E-state index in [4.69, 9.17) is 0 Å². The molecule has 3 amide bonds. The Hall–Kier alpha value is -3.73. The van der Waals surface area contributed by atoms with Gasteiger partial charge in [-0.15, -0.1) is 0 Å². The molecule has 2 saturated carbocycles. The van der Waals surface area contributed by atoms with E-state index in [0.717, 1.165) is 22.8 Å². The van der Waals surface area contributed by atoms with Gasteiger partial charge in [0.15, 0.2) is 0 Å². The van der Waals surface area contributed by atoms with E-state index in [0.29, 0.717) is 23.9 Å². The third kappa shape index (κ3) is 3.10. The van der Waals surface area contributed by atoms with Gasteiger partial charge in [0, 0.05) is 17.5 Å². The molecular formula is C30H26N2O3. The lowest BCUT2D eigenvalue weighted by molar-refractivity contribution is -0.146. The van der Waals surface area contributed by atoms with Crippen molar-refractivity contribution in [2.75, 3.05) is 5.32 Å². The van der Waals surface area contributed by atoms with Crippen LogP contribution in [0.25, 0.3) is 10.8 Å². The number of fused-ring (bicyclic) bond motifs is 1. The Balaban J connectivity index is 1.25. The number of nitrogens with zero attached hydrogens (tertiary/aromatic N) is 1. The Bertz CT molecular complexity index is 1360. The number of carbonyl (C=O) groups excluding carboxylic acids is 3. The van der Waals surface area contributed by atoms with Crippen LogP contribution in [-0.2, 0) is 20.8 Å². The van der Waals surface area contributed by atoms with Crippen LogP contribution in [0.2, 0.25) is 0 Å². The lowest BCUT2D eigenvalue weighted by atomic mass is 9.63. The van der Waals surface area contributed by atoms with E-state index in [1.54, 1.807) is 0 Å². The first-order chi connectivity index (χ1) is 17.1. The summed E-state index contributed by atoms with van der Waals surface area (Å²) < 4.78 is 0. The summed E-state index contributed by atoms with van der Waals surface area (Å²) in [4.78, 5) is 42.7. The Kier molecular flexibility index (Phi) is 4.50. The Morgan fingerprint density at radius 1 is 0.829 bits per heavy atom. The van der Waals surface area contributed by atoms with E-state index in [2.05, 4.69) is 17.5 Å². The SMILES string of the molecule is O=C(Nc1cccc2ccccc12)[C@H](Cc1ccccc1)N1C(=O)[C@H]2[C@@H]3C=C[C@H]([C@H]4C[C@H]34)[C@@H]2C1=O. The number of allylic oxidation sites excluding steroid dienone is 2. The van der Waals surface area contributed by atoms with Crippen LogP contribution in [0.1, 0.15) is 12.0 Å². The summed E-state index contributed by atoms with van der Waals surface area (Å²) in [6.45, 7) is 0. The highest BCUT2D eigenvalue weighted by atomic mass is 16.2. The van der Waals surface area contributed by atoms with Gasteiger partial charge < -0.3 is 5.32 Å². The predicted molar refractivity (Wildman–Crippen MR) is 133 cm³/mol. The molecule has 4 aliphatic carbocycles. The molecule has 5 aliphatic rings. The maximum atomic E-state index is 13.8. The average Bonchev–Trinajstić information content (AvgIpc) is 3.67. The first kappa shape index (κ1) is 20.6. The average molecular weight is 463 g/mol. The minimum absolute atomic E-state index is 0.134. The van der Waals surface area contributed by atoms with Crippen molar-refractivity contribution in [1.29, 1.82) is 0 Å². The minimum Gasteiger partial charge on any atom is -0.324 e. The van der Waals surface area contributed by atoms with Gasteiger partial charge in [-0.3, -0.25) is 19.3 Å². The summed E-state index contributed by atoms with van der Waals surface area (Å²) in [5, 5.41) is 5.01. The summed E-state index contributed by atoms with van der Waals surface area (Å²) in [6, 6.07) is 22.4. The molecule has 3 aromatic carbocycles. The summed E-state index contributed by atoms with van der Waals surface area (Å²) in [5.41, 5.74) is 1.61. The van der Waals surface area contributed by atoms with Crippen LogP contribution in [0.5, 0.6) is 0 Å². The van der Waals surface area contributed by atoms with Crippen LogP contribution in [0.3, 0.4) is 0 Å². The molecule has 7 atom stereocenters. The van der Waals surface area contributed by atoms with Gasteiger partial charge in [-0.1, -0.05) is 78.9 Å². The van der Waals surface area contributed by atoms with Gasteiger partial charge in [-0.25, -0.2) is 0 Å². The molecule has 174 valence electrons. The zero-order valence-corrected chi connectivity index (χ0v) is 19.2. The molecular weight excluding hydrogens is 436 g/mol. The molecule has 1 heterocycles. The molecule has 5 nitrogen and oxygen atoms in total. The predicted octanol–water partition coefficient (Wildman–Crippen LogP) is 4.44. The van der Waals surface area contributed by atoms with Gasteiger partial charge in [0.25, 0.3) is 0 Å². The Morgan fingerprint density at radius 2 is 1.46 bits per heavy atom. The molecule has 3 aromatic rings. The first-order valence-electron chi connectivity index (χ1n) is 12.5. The molecule has 35 heavy (non-hydrogen) atoms. The van der Waals surface area contributed by atoms with E-state index >= 15 is 0 Å². The second-order valence-electron chi connectivity index (χ2n) is 10.4. The minimum atomic E-state index is -0.891. The number of hydrogen-bond donors (Lipinski definition) is 1.